The lowest BCUT2D eigenvalue weighted by molar-refractivity contribution is 0.191. The summed E-state index contributed by atoms with van der Waals surface area (Å²) in [6.07, 6.45) is -0.399. The summed E-state index contributed by atoms with van der Waals surface area (Å²) in [5.41, 5.74) is 1.96. The quantitative estimate of drug-likeness (QED) is 0.671. The van der Waals surface area contributed by atoms with Crippen LogP contribution in [0.2, 0.25) is 10.0 Å². The van der Waals surface area contributed by atoms with E-state index in [0.29, 0.717) is 47.8 Å². The van der Waals surface area contributed by atoms with Crippen LogP contribution in [0.15, 0.2) is 36.4 Å². The molecule has 0 fully saturated rings. The number of rotatable bonds is 9. The van der Waals surface area contributed by atoms with Gasteiger partial charge in [-0.15, -0.1) is 0 Å². The molecule has 4 nitrogen and oxygen atoms in total. The Morgan fingerprint density at radius 2 is 1.80 bits per heavy atom. The van der Waals surface area contributed by atoms with Crippen LogP contribution >= 0.6 is 23.2 Å². The molecule has 2 aromatic carbocycles. The average molecular weight is 384 g/mol. The van der Waals surface area contributed by atoms with Gasteiger partial charge in [-0.3, -0.25) is 0 Å². The van der Waals surface area contributed by atoms with E-state index in [9.17, 15) is 5.11 Å². The Morgan fingerprint density at radius 1 is 1.08 bits per heavy atom. The smallest absolute Gasteiger partial charge is 0.180 e. The van der Waals surface area contributed by atoms with Crippen LogP contribution < -0.4 is 14.8 Å². The van der Waals surface area contributed by atoms with Crippen LogP contribution in [0, 0.1) is 0 Å². The Morgan fingerprint density at radius 3 is 2.44 bits per heavy atom. The number of aliphatic hydroxyl groups excluding tert-OH is 1. The van der Waals surface area contributed by atoms with Crippen LogP contribution in [0.25, 0.3) is 0 Å². The van der Waals surface area contributed by atoms with Gasteiger partial charge in [-0.2, -0.15) is 0 Å². The maximum absolute atomic E-state index is 9.32. The highest BCUT2D eigenvalue weighted by atomic mass is 35.5. The first-order chi connectivity index (χ1) is 12.0. The van der Waals surface area contributed by atoms with Gasteiger partial charge in [0.05, 0.1) is 17.7 Å². The summed E-state index contributed by atoms with van der Waals surface area (Å²) in [6, 6.07) is 11.2. The largest absolute Gasteiger partial charge is 0.490 e. The van der Waals surface area contributed by atoms with E-state index in [0.717, 1.165) is 11.1 Å². The molecule has 0 amide bonds. The lowest BCUT2D eigenvalue weighted by Gasteiger charge is -2.16. The zero-order chi connectivity index (χ0) is 18.2. The van der Waals surface area contributed by atoms with E-state index in [2.05, 4.69) is 5.32 Å². The molecule has 0 radical (unpaired) electrons. The standard InChI is InChI=1S/C19H23Cl2NO3/c1-3-24-18-9-15(11-22-10-13(2)23)8-17(21)19(18)25-12-14-4-6-16(20)7-5-14/h4-9,13,22-23H,3,10-12H2,1-2H3/t13-/m0/s1. The summed E-state index contributed by atoms with van der Waals surface area (Å²) < 4.78 is 11.6. The molecule has 0 spiro atoms. The normalized spacial score (nSPS) is 12.0. The van der Waals surface area contributed by atoms with E-state index in [-0.39, 0.29) is 0 Å². The third-order valence-electron chi connectivity index (χ3n) is 3.43. The van der Waals surface area contributed by atoms with Gasteiger partial charge in [0, 0.05) is 18.1 Å². The zero-order valence-electron chi connectivity index (χ0n) is 14.4. The van der Waals surface area contributed by atoms with Gasteiger partial charge >= 0.3 is 0 Å². The third kappa shape index (κ3) is 6.40. The van der Waals surface area contributed by atoms with Crippen molar-refractivity contribution in [1.82, 2.24) is 5.32 Å². The Kier molecular flexibility index (Phi) is 7.85. The van der Waals surface area contributed by atoms with Crippen LogP contribution in [0.3, 0.4) is 0 Å². The number of ether oxygens (including phenoxy) is 2. The maximum Gasteiger partial charge on any atom is 0.180 e. The van der Waals surface area contributed by atoms with Gasteiger partial charge in [-0.25, -0.2) is 0 Å². The van der Waals surface area contributed by atoms with E-state index < -0.39 is 6.10 Å². The molecule has 2 N–H and O–H groups in total. The number of benzene rings is 2. The summed E-state index contributed by atoms with van der Waals surface area (Å²) in [5, 5.41) is 13.7. The first-order valence-electron chi connectivity index (χ1n) is 8.20. The second-order valence-corrected chi connectivity index (χ2v) is 6.58. The number of nitrogens with one attached hydrogen (secondary N) is 1. The highest BCUT2D eigenvalue weighted by Gasteiger charge is 2.13. The van der Waals surface area contributed by atoms with Crippen LogP contribution in [-0.2, 0) is 13.2 Å². The van der Waals surface area contributed by atoms with Gasteiger partial charge in [-0.1, -0.05) is 35.3 Å². The molecule has 1 atom stereocenters. The summed E-state index contributed by atoms with van der Waals surface area (Å²) in [7, 11) is 0. The zero-order valence-corrected chi connectivity index (χ0v) is 15.9. The molecule has 2 rings (SSSR count). The minimum atomic E-state index is -0.399. The maximum atomic E-state index is 9.32. The number of hydrogen-bond donors (Lipinski definition) is 2. The summed E-state index contributed by atoms with van der Waals surface area (Å²) in [4.78, 5) is 0. The van der Waals surface area contributed by atoms with Crippen molar-refractivity contribution in [1.29, 1.82) is 0 Å². The molecule has 0 aromatic heterocycles. The Hall–Kier alpha value is -1.46. The van der Waals surface area contributed by atoms with Crippen molar-refractivity contribution in [3.8, 4) is 11.5 Å². The predicted octanol–water partition coefficient (Wildman–Crippen LogP) is 4.44. The van der Waals surface area contributed by atoms with Crippen LogP contribution in [-0.4, -0.2) is 24.4 Å². The van der Waals surface area contributed by atoms with Crippen molar-refractivity contribution < 1.29 is 14.6 Å². The third-order valence-corrected chi connectivity index (χ3v) is 3.97. The van der Waals surface area contributed by atoms with Crippen molar-refractivity contribution in [3.63, 3.8) is 0 Å². The molecule has 0 bridgehead atoms. The summed E-state index contributed by atoms with van der Waals surface area (Å²) in [6.45, 7) is 5.63. The fourth-order valence-corrected chi connectivity index (χ4v) is 2.70. The SMILES string of the molecule is CCOc1cc(CNC[C@H](C)O)cc(Cl)c1OCc1ccc(Cl)cc1. The number of hydrogen-bond acceptors (Lipinski definition) is 4. The predicted molar refractivity (Wildman–Crippen MR) is 102 cm³/mol. The Balaban J connectivity index is 2.11. The van der Waals surface area contributed by atoms with Gasteiger partial charge in [0.1, 0.15) is 6.61 Å². The molecule has 2 aromatic rings. The molecular formula is C19H23Cl2NO3. The van der Waals surface area contributed by atoms with Gasteiger partial charge < -0.3 is 19.9 Å². The first-order valence-corrected chi connectivity index (χ1v) is 8.96. The van der Waals surface area contributed by atoms with E-state index in [1.54, 1.807) is 6.92 Å². The van der Waals surface area contributed by atoms with Gasteiger partial charge in [-0.05, 0) is 49.2 Å². The van der Waals surface area contributed by atoms with Crippen molar-refractivity contribution in [2.75, 3.05) is 13.2 Å². The average Bonchev–Trinajstić information content (AvgIpc) is 2.55. The molecular weight excluding hydrogens is 361 g/mol. The van der Waals surface area contributed by atoms with Crippen molar-refractivity contribution >= 4 is 23.2 Å². The van der Waals surface area contributed by atoms with Crippen molar-refractivity contribution in [3.05, 3.63) is 57.6 Å². The Bertz CT molecular complexity index is 675. The highest BCUT2D eigenvalue weighted by Crippen LogP contribution is 2.37. The first kappa shape index (κ1) is 19.9. The van der Waals surface area contributed by atoms with Crippen LogP contribution in [0.5, 0.6) is 11.5 Å². The fourth-order valence-electron chi connectivity index (χ4n) is 2.29. The van der Waals surface area contributed by atoms with Crippen LogP contribution in [0.4, 0.5) is 0 Å². The van der Waals surface area contributed by atoms with E-state index in [4.69, 9.17) is 32.7 Å². The van der Waals surface area contributed by atoms with Crippen molar-refractivity contribution in [2.24, 2.45) is 0 Å². The number of aliphatic hydroxyl groups is 1. The molecule has 0 aliphatic rings. The molecule has 0 heterocycles. The second-order valence-electron chi connectivity index (χ2n) is 5.73. The molecule has 0 aliphatic heterocycles. The minimum absolute atomic E-state index is 0.372. The fraction of sp³-hybridized carbons (Fsp3) is 0.368. The molecule has 136 valence electrons. The van der Waals surface area contributed by atoms with Gasteiger partial charge in [0.2, 0.25) is 0 Å². The molecule has 6 heteroatoms. The molecule has 0 saturated heterocycles. The molecule has 0 unspecified atom stereocenters. The van der Waals surface area contributed by atoms with Gasteiger partial charge in [0.15, 0.2) is 11.5 Å². The topological polar surface area (TPSA) is 50.7 Å². The summed E-state index contributed by atoms with van der Waals surface area (Å²) in [5.74, 6) is 1.13. The van der Waals surface area contributed by atoms with Crippen LogP contribution in [0.1, 0.15) is 25.0 Å². The molecule has 0 saturated carbocycles. The van der Waals surface area contributed by atoms with Gasteiger partial charge in [0.25, 0.3) is 0 Å². The number of halogens is 2. The summed E-state index contributed by atoms with van der Waals surface area (Å²) >= 11 is 12.3. The lowest BCUT2D eigenvalue weighted by atomic mass is 10.2. The second kappa shape index (κ2) is 9.88. The monoisotopic (exact) mass is 383 g/mol. The lowest BCUT2D eigenvalue weighted by Crippen LogP contribution is -2.23. The van der Waals surface area contributed by atoms with E-state index in [1.807, 2.05) is 43.3 Å². The highest BCUT2D eigenvalue weighted by molar-refractivity contribution is 6.32. The van der Waals surface area contributed by atoms with Crippen molar-refractivity contribution in [2.45, 2.75) is 33.1 Å². The molecule has 25 heavy (non-hydrogen) atoms. The minimum Gasteiger partial charge on any atom is -0.490 e. The molecule has 0 aliphatic carbocycles. The van der Waals surface area contributed by atoms with E-state index >= 15 is 0 Å². The van der Waals surface area contributed by atoms with E-state index in [1.165, 1.54) is 0 Å². The Labute approximate surface area is 158 Å².